The van der Waals surface area contributed by atoms with Gasteiger partial charge in [0.15, 0.2) is 12.4 Å². The molecule has 0 unspecified atom stereocenters. The number of Topliss-reactive ketones (excluding diaryl/α,β-unsaturated/α-hetero) is 2. The van der Waals surface area contributed by atoms with Crippen molar-refractivity contribution in [3.63, 3.8) is 0 Å². The molecule has 1 N–H and O–H groups in total. The van der Waals surface area contributed by atoms with E-state index in [0.29, 0.717) is 34.7 Å². The normalized spacial score (nSPS) is 13.6. The molecule has 0 saturated carbocycles. The number of hydrogen-bond donors (Lipinski definition) is 1. The first kappa shape index (κ1) is 19.9. The Labute approximate surface area is 164 Å². The smallest absolute Gasteiger partial charge is 0.253 e. The zero-order chi connectivity index (χ0) is 20.3. The second-order valence-electron chi connectivity index (χ2n) is 7.12. The van der Waals surface area contributed by atoms with Gasteiger partial charge >= 0.3 is 0 Å². The van der Waals surface area contributed by atoms with Crippen molar-refractivity contribution in [3.05, 3.63) is 52.3 Å². The number of aryl methyl sites for hydroxylation is 1. The number of H-pyrrole nitrogens is 1. The first-order valence-electron chi connectivity index (χ1n) is 9.70. The van der Waals surface area contributed by atoms with E-state index in [9.17, 15) is 14.4 Å². The van der Waals surface area contributed by atoms with E-state index in [-0.39, 0.29) is 24.1 Å². The van der Waals surface area contributed by atoms with Crippen molar-refractivity contribution >= 4 is 17.5 Å². The Morgan fingerprint density at radius 3 is 2.32 bits per heavy atom. The zero-order valence-electron chi connectivity index (χ0n) is 16.6. The number of aromatic amines is 1. The molecular formula is C22H26N2O4. The van der Waals surface area contributed by atoms with Crippen LogP contribution < -0.4 is 4.74 Å². The highest BCUT2D eigenvalue weighted by Crippen LogP contribution is 2.22. The van der Waals surface area contributed by atoms with Crippen molar-refractivity contribution in [2.75, 3.05) is 19.7 Å². The van der Waals surface area contributed by atoms with Gasteiger partial charge in [0.05, 0.1) is 5.69 Å². The molecule has 1 aliphatic heterocycles. The number of ether oxygens (including phenoxy) is 1. The van der Waals surface area contributed by atoms with Gasteiger partial charge in [-0.1, -0.05) is 6.92 Å². The molecule has 0 aliphatic carbocycles. The van der Waals surface area contributed by atoms with Crippen molar-refractivity contribution in [2.24, 2.45) is 0 Å². The maximum atomic E-state index is 12.6. The molecule has 0 atom stereocenters. The topological polar surface area (TPSA) is 79.5 Å². The predicted octanol–water partition coefficient (Wildman–Crippen LogP) is 3.59. The van der Waals surface area contributed by atoms with E-state index in [1.165, 1.54) is 6.92 Å². The molecule has 0 bridgehead atoms. The molecule has 1 aromatic heterocycles. The van der Waals surface area contributed by atoms with Gasteiger partial charge in [0.1, 0.15) is 5.75 Å². The molecule has 3 rings (SSSR count). The molecule has 0 radical (unpaired) electrons. The van der Waals surface area contributed by atoms with Gasteiger partial charge in [-0.05, 0) is 62.9 Å². The zero-order valence-corrected chi connectivity index (χ0v) is 16.6. The minimum Gasteiger partial charge on any atom is -0.485 e. The maximum Gasteiger partial charge on any atom is 0.253 e. The van der Waals surface area contributed by atoms with Crippen LogP contribution in [0.15, 0.2) is 24.3 Å². The summed E-state index contributed by atoms with van der Waals surface area (Å²) in [7, 11) is 0. The number of carbonyl (C=O) groups excluding carboxylic acids is 3. The number of nitrogens with one attached hydrogen (secondary N) is 1. The van der Waals surface area contributed by atoms with Gasteiger partial charge in [-0.3, -0.25) is 14.4 Å². The minimum absolute atomic E-state index is 0.0336. The van der Waals surface area contributed by atoms with Crippen LogP contribution in [0.25, 0.3) is 0 Å². The monoisotopic (exact) mass is 382 g/mol. The quantitative estimate of drug-likeness (QED) is 0.742. The molecule has 1 saturated heterocycles. The van der Waals surface area contributed by atoms with E-state index < -0.39 is 0 Å². The Hall–Kier alpha value is -2.89. The van der Waals surface area contributed by atoms with Crippen LogP contribution in [0.1, 0.15) is 69.2 Å². The molecule has 28 heavy (non-hydrogen) atoms. The standard InChI is InChI=1S/C22H26N2O4/c1-4-18-20(15(3)25)14(2)23-21(18)19(26)13-28-17-9-7-16(8-10-17)22(27)24-11-5-6-12-24/h7-10,23H,4-6,11-13H2,1-3H3. The summed E-state index contributed by atoms with van der Waals surface area (Å²) in [6.07, 6.45) is 2.70. The van der Waals surface area contributed by atoms with Crippen LogP contribution in [0, 0.1) is 6.92 Å². The fraction of sp³-hybridized carbons (Fsp3) is 0.409. The van der Waals surface area contributed by atoms with Crippen molar-refractivity contribution < 1.29 is 19.1 Å². The highest BCUT2D eigenvalue weighted by molar-refractivity contribution is 6.04. The molecule has 1 aliphatic rings. The number of amides is 1. The summed E-state index contributed by atoms with van der Waals surface area (Å²) in [6.45, 7) is 6.70. The molecule has 6 heteroatoms. The minimum atomic E-state index is -0.204. The summed E-state index contributed by atoms with van der Waals surface area (Å²) >= 11 is 0. The summed E-state index contributed by atoms with van der Waals surface area (Å²) in [6, 6.07) is 6.87. The van der Waals surface area contributed by atoms with Crippen molar-refractivity contribution in [1.29, 1.82) is 0 Å². The summed E-state index contributed by atoms with van der Waals surface area (Å²) in [5, 5.41) is 0. The third kappa shape index (κ3) is 4.01. The van der Waals surface area contributed by atoms with E-state index in [0.717, 1.165) is 31.5 Å². The van der Waals surface area contributed by atoms with Crippen LogP contribution in [0.4, 0.5) is 0 Å². The van der Waals surface area contributed by atoms with Gasteiger partial charge in [-0.25, -0.2) is 0 Å². The van der Waals surface area contributed by atoms with Crippen LogP contribution in [0.5, 0.6) is 5.75 Å². The van der Waals surface area contributed by atoms with Gasteiger partial charge in [0, 0.05) is 29.9 Å². The van der Waals surface area contributed by atoms with Gasteiger partial charge in [-0.15, -0.1) is 0 Å². The van der Waals surface area contributed by atoms with Crippen molar-refractivity contribution in [3.8, 4) is 5.75 Å². The third-order valence-electron chi connectivity index (χ3n) is 5.14. The molecule has 148 valence electrons. The Kier molecular flexibility index (Phi) is 5.97. The average Bonchev–Trinajstić information content (AvgIpc) is 3.33. The number of hydrogen-bond acceptors (Lipinski definition) is 4. The highest BCUT2D eigenvalue weighted by Gasteiger charge is 2.22. The third-order valence-corrected chi connectivity index (χ3v) is 5.14. The van der Waals surface area contributed by atoms with Gasteiger partial charge in [-0.2, -0.15) is 0 Å². The lowest BCUT2D eigenvalue weighted by Crippen LogP contribution is -2.27. The number of benzene rings is 1. The number of likely N-dealkylation sites (tertiary alicyclic amines) is 1. The van der Waals surface area contributed by atoms with Gasteiger partial charge < -0.3 is 14.6 Å². The van der Waals surface area contributed by atoms with E-state index in [1.54, 1.807) is 31.2 Å². The number of ketones is 2. The van der Waals surface area contributed by atoms with Crippen LogP contribution in [-0.2, 0) is 6.42 Å². The first-order chi connectivity index (χ1) is 13.4. The fourth-order valence-corrected chi connectivity index (χ4v) is 3.76. The van der Waals surface area contributed by atoms with Gasteiger partial charge in [0.2, 0.25) is 5.78 Å². The van der Waals surface area contributed by atoms with Crippen molar-refractivity contribution in [2.45, 2.75) is 40.0 Å². The molecule has 1 amide bonds. The summed E-state index contributed by atoms with van der Waals surface area (Å²) in [4.78, 5) is 41.7. The lowest BCUT2D eigenvalue weighted by atomic mass is 10.0. The van der Waals surface area contributed by atoms with Crippen LogP contribution in [-0.4, -0.2) is 47.1 Å². The number of rotatable bonds is 7. The number of aromatic nitrogens is 1. The summed E-state index contributed by atoms with van der Waals surface area (Å²) < 4.78 is 5.61. The predicted molar refractivity (Wildman–Crippen MR) is 106 cm³/mol. The molecule has 1 aromatic carbocycles. The average molecular weight is 382 g/mol. The Bertz CT molecular complexity index is 890. The van der Waals surface area contributed by atoms with E-state index in [1.807, 2.05) is 11.8 Å². The summed E-state index contributed by atoms with van der Waals surface area (Å²) in [5.74, 6) is 0.305. The van der Waals surface area contributed by atoms with E-state index in [4.69, 9.17) is 4.74 Å². The number of nitrogens with zero attached hydrogens (tertiary/aromatic N) is 1. The molecule has 2 aromatic rings. The van der Waals surface area contributed by atoms with E-state index in [2.05, 4.69) is 4.98 Å². The van der Waals surface area contributed by atoms with E-state index >= 15 is 0 Å². The highest BCUT2D eigenvalue weighted by atomic mass is 16.5. The van der Waals surface area contributed by atoms with Crippen LogP contribution in [0.3, 0.4) is 0 Å². The Morgan fingerprint density at radius 1 is 1.11 bits per heavy atom. The second-order valence-corrected chi connectivity index (χ2v) is 7.12. The number of carbonyl (C=O) groups is 3. The Morgan fingerprint density at radius 2 is 1.75 bits per heavy atom. The lowest BCUT2D eigenvalue weighted by Gasteiger charge is -2.15. The van der Waals surface area contributed by atoms with Crippen molar-refractivity contribution in [1.82, 2.24) is 9.88 Å². The maximum absolute atomic E-state index is 12.6. The molecular weight excluding hydrogens is 356 g/mol. The van der Waals surface area contributed by atoms with Gasteiger partial charge in [0.25, 0.3) is 5.91 Å². The second kappa shape index (κ2) is 8.42. The molecule has 6 nitrogen and oxygen atoms in total. The first-order valence-corrected chi connectivity index (χ1v) is 9.70. The molecule has 0 spiro atoms. The lowest BCUT2D eigenvalue weighted by molar-refractivity contribution is 0.0791. The van der Waals surface area contributed by atoms with Crippen LogP contribution in [0.2, 0.25) is 0 Å². The SMILES string of the molecule is CCc1c(C(=O)COc2ccc(C(=O)N3CCCC3)cc2)[nH]c(C)c1C(C)=O. The fourth-order valence-electron chi connectivity index (χ4n) is 3.76. The molecule has 2 heterocycles. The summed E-state index contributed by atoms with van der Waals surface area (Å²) in [5.41, 5.74) is 3.10. The largest absolute Gasteiger partial charge is 0.485 e. The van der Waals surface area contributed by atoms with Crippen LogP contribution >= 0.6 is 0 Å². The Balaban J connectivity index is 1.66. The molecule has 1 fully saturated rings.